The normalized spacial score (nSPS) is 21.2. The number of likely N-dealkylation sites (tertiary alicyclic amines) is 1. The first-order valence-corrected chi connectivity index (χ1v) is 4.71. The highest BCUT2D eigenvalue weighted by atomic mass is 16.6. The zero-order valence-corrected chi connectivity index (χ0v) is 8.49. The lowest BCUT2D eigenvalue weighted by Gasteiger charge is -2.43. The minimum atomic E-state index is -0.665. The van der Waals surface area contributed by atoms with Gasteiger partial charge in [0.2, 0.25) is 0 Å². The van der Waals surface area contributed by atoms with Crippen molar-refractivity contribution in [3.63, 3.8) is 0 Å². The number of amides is 1. The van der Waals surface area contributed by atoms with Gasteiger partial charge in [-0.25, -0.2) is 4.79 Å². The largest absolute Gasteiger partial charge is 0.444 e. The zero-order chi connectivity index (χ0) is 10.0. The van der Waals surface area contributed by atoms with Gasteiger partial charge in [-0.15, -0.1) is 0 Å². The molecule has 2 N–H and O–H groups in total. The third kappa shape index (κ3) is 2.59. The topological polar surface area (TPSA) is 55.6 Å². The molecule has 1 rings (SSSR count). The summed E-state index contributed by atoms with van der Waals surface area (Å²) in [4.78, 5) is 12.7. The summed E-state index contributed by atoms with van der Waals surface area (Å²) >= 11 is 0. The second-order valence-electron chi connectivity index (χ2n) is 4.00. The van der Waals surface area contributed by atoms with Crippen LogP contribution in [0.1, 0.15) is 20.8 Å². The summed E-state index contributed by atoms with van der Waals surface area (Å²) in [6.07, 6.45) is -0.652. The summed E-state index contributed by atoms with van der Waals surface area (Å²) in [6, 6.07) is 0.549. The van der Waals surface area contributed by atoms with E-state index in [2.05, 4.69) is 25.7 Å². The molecule has 0 unspecified atom stereocenters. The quantitative estimate of drug-likeness (QED) is 0.709. The summed E-state index contributed by atoms with van der Waals surface area (Å²) in [5.41, 5.74) is 4.90. The monoisotopic (exact) mass is 186 g/mol. The van der Waals surface area contributed by atoms with Gasteiger partial charge in [0.05, 0.1) is 0 Å². The molecule has 0 bridgehead atoms. The van der Waals surface area contributed by atoms with Gasteiger partial charge < -0.3 is 10.5 Å². The molecule has 13 heavy (non-hydrogen) atoms. The van der Waals surface area contributed by atoms with Gasteiger partial charge in [-0.3, -0.25) is 4.90 Å². The molecule has 0 aromatic heterocycles. The highest BCUT2D eigenvalue weighted by Gasteiger charge is 2.33. The van der Waals surface area contributed by atoms with Gasteiger partial charge in [-0.2, -0.15) is 0 Å². The molecule has 1 amide bonds. The Bertz CT molecular complexity index is 188. The van der Waals surface area contributed by atoms with Crippen molar-refractivity contribution < 1.29 is 9.53 Å². The molecule has 1 aliphatic rings. The van der Waals surface area contributed by atoms with Gasteiger partial charge in [0.1, 0.15) is 6.10 Å². The van der Waals surface area contributed by atoms with Gasteiger partial charge in [-0.05, 0) is 12.8 Å². The Morgan fingerprint density at radius 3 is 2.38 bits per heavy atom. The number of carbonyl (C=O) groups is 1. The molecular weight excluding hydrogens is 168 g/mol. The summed E-state index contributed by atoms with van der Waals surface area (Å²) in [7, 11) is 0. The van der Waals surface area contributed by atoms with E-state index < -0.39 is 6.09 Å². The molecule has 0 spiro atoms. The Kier molecular flexibility index (Phi) is 3.14. The van der Waals surface area contributed by atoms with Crippen LogP contribution in [0.3, 0.4) is 0 Å². The zero-order valence-electron chi connectivity index (χ0n) is 8.49. The third-order valence-electron chi connectivity index (χ3n) is 2.70. The van der Waals surface area contributed by atoms with Crippen molar-refractivity contribution in [1.82, 2.24) is 4.90 Å². The number of ether oxygens (including phenoxy) is 1. The van der Waals surface area contributed by atoms with Gasteiger partial charge >= 0.3 is 6.09 Å². The van der Waals surface area contributed by atoms with Crippen LogP contribution in [0, 0.1) is 5.92 Å². The number of nitrogens with zero attached hydrogens (tertiary/aromatic N) is 1. The first kappa shape index (κ1) is 10.3. The predicted molar refractivity (Wildman–Crippen MR) is 50.3 cm³/mol. The van der Waals surface area contributed by atoms with E-state index in [0.717, 1.165) is 13.1 Å². The highest BCUT2D eigenvalue weighted by Crippen LogP contribution is 2.19. The lowest BCUT2D eigenvalue weighted by Crippen LogP contribution is -2.57. The maximum atomic E-state index is 10.4. The van der Waals surface area contributed by atoms with E-state index in [1.807, 2.05) is 0 Å². The van der Waals surface area contributed by atoms with Gasteiger partial charge in [0.25, 0.3) is 0 Å². The second kappa shape index (κ2) is 3.96. The first-order chi connectivity index (χ1) is 6.00. The van der Waals surface area contributed by atoms with E-state index in [1.54, 1.807) is 0 Å². The Balaban J connectivity index is 2.21. The Morgan fingerprint density at radius 1 is 1.46 bits per heavy atom. The molecule has 0 aromatic rings. The first-order valence-electron chi connectivity index (χ1n) is 4.71. The van der Waals surface area contributed by atoms with Gasteiger partial charge in [0.15, 0.2) is 0 Å². The number of nitrogens with two attached hydrogens (primary N) is 1. The fraction of sp³-hybridized carbons (Fsp3) is 0.889. The van der Waals surface area contributed by atoms with Crippen LogP contribution in [0.15, 0.2) is 0 Å². The Labute approximate surface area is 79.0 Å². The smallest absolute Gasteiger partial charge is 0.404 e. The summed E-state index contributed by atoms with van der Waals surface area (Å²) in [5.74, 6) is 0.634. The van der Waals surface area contributed by atoms with Crippen molar-refractivity contribution in [2.75, 3.05) is 13.1 Å². The lowest BCUT2D eigenvalue weighted by atomic mass is 10.00. The average molecular weight is 186 g/mol. The molecule has 1 fully saturated rings. The van der Waals surface area contributed by atoms with E-state index in [0.29, 0.717) is 12.0 Å². The maximum Gasteiger partial charge on any atom is 0.404 e. The maximum absolute atomic E-state index is 10.4. The molecule has 0 aromatic carbocycles. The molecule has 76 valence electrons. The molecule has 4 nitrogen and oxygen atoms in total. The van der Waals surface area contributed by atoms with Crippen molar-refractivity contribution in [2.45, 2.75) is 32.9 Å². The Morgan fingerprint density at radius 2 is 2.00 bits per heavy atom. The minimum Gasteiger partial charge on any atom is -0.444 e. The fourth-order valence-corrected chi connectivity index (χ4v) is 1.46. The standard InChI is InChI=1S/C9H18N2O2/c1-6(2)7(3)11-4-8(5-11)13-9(10)12/h6-8H,4-5H2,1-3H3,(H2,10,12)/t7-/m1/s1. The minimum absolute atomic E-state index is 0.0127. The van der Waals surface area contributed by atoms with Crippen molar-refractivity contribution in [3.05, 3.63) is 0 Å². The van der Waals surface area contributed by atoms with Gasteiger partial charge in [0, 0.05) is 19.1 Å². The second-order valence-corrected chi connectivity index (χ2v) is 4.00. The van der Waals surface area contributed by atoms with E-state index in [-0.39, 0.29) is 6.10 Å². The van der Waals surface area contributed by atoms with Crippen LogP contribution in [0.2, 0.25) is 0 Å². The molecule has 0 radical (unpaired) electrons. The van der Waals surface area contributed by atoms with Crippen LogP contribution in [0.25, 0.3) is 0 Å². The van der Waals surface area contributed by atoms with E-state index in [1.165, 1.54) is 0 Å². The molecule has 1 heterocycles. The van der Waals surface area contributed by atoms with Crippen LogP contribution in [-0.4, -0.2) is 36.2 Å². The molecule has 1 atom stereocenters. The summed E-state index contributed by atoms with van der Waals surface area (Å²) in [5, 5.41) is 0. The van der Waals surface area contributed by atoms with E-state index in [9.17, 15) is 4.79 Å². The Hall–Kier alpha value is -0.770. The van der Waals surface area contributed by atoms with Crippen LogP contribution in [0.5, 0.6) is 0 Å². The van der Waals surface area contributed by atoms with Crippen molar-refractivity contribution >= 4 is 6.09 Å². The van der Waals surface area contributed by atoms with E-state index >= 15 is 0 Å². The molecular formula is C9H18N2O2. The number of rotatable bonds is 3. The highest BCUT2D eigenvalue weighted by molar-refractivity contribution is 5.64. The van der Waals surface area contributed by atoms with Gasteiger partial charge in [-0.1, -0.05) is 13.8 Å². The predicted octanol–water partition coefficient (Wildman–Crippen LogP) is 0.810. The molecule has 4 heteroatoms. The SMILES string of the molecule is CC(C)[C@@H](C)N1CC(OC(N)=O)C1. The molecule has 0 aliphatic carbocycles. The van der Waals surface area contributed by atoms with Crippen molar-refractivity contribution in [2.24, 2.45) is 11.7 Å². The van der Waals surface area contributed by atoms with Crippen LogP contribution in [-0.2, 0) is 4.74 Å². The lowest BCUT2D eigenvalue weighted by molar-refractivity contribution is -0.0376. The van der Waals surface area contributed by atoms with Crippen LogP contribution < -0.4 is 5.73 Å². The summed E-state index contributed by atoms with van der Waals surface area (Å²) < 4.78 is 4.84. The fourth-order valence-electron chi connectivity index (χ4n) is 1.46. The van der Waals surface area contributed by atoms with Crippen molar-refractivity contribution in [1.29, 1.82) is 0 Å². The molecule has 0 saturated carbocycles. The number of primary amides is 1. The van der Waals surface area contributed by atoms with Crippen LogP contribution in [0.4, 0.5) is 4.79 Å². The van der Waals surface area contributed by atoms with Crippen LogP contribution >= 0.6 is 0 Å². The third-order valence-corrected chi connectivity index (χ3v) is 2.70. The summed E-state index contributed by atoms with van der Waals surface area (Å²) in [6.45, 7) is 8.20. The number of hydrogen-bond donors (Lipinski definition) is 1. The number of carbonyl (C=O) groups excluding carboxylic acids is 1. The van der Waals surface area contributed by atoms with E-state index in [4.69, 9.17) is 10.5 Å². The average Bonchev–Trinajstić information content (AvgIpc) is 1.94. The molecule has 1 saturated heterocycles. The van der Waals surface area contributed by atoms with Crippen molar-refractivity contribution in [3.8, 4) is 0 Å². The molecule has 1 aliphatic heterocycles. The number of hydrogen-bond acceptors (Lipinski definition) is 3.